The van der Waals surface area contributed by atoms with Gasteiger partial charge >= 0.3 is 0 Å². The number of anilines is 1. The van der Waals surface area contributed by atoms with Gasteiger partial charge in [-0.25, -0.2) is 0 Å². The first-order valence-electron chi connectivity index (χ1n) is 10.8. The number of carbonyl (C=O) groups is 1. The molecule has 1 saturated heterocycles. The summed E-state index contributed by atoms with van der Waals surface area (Å²) in [6.45, 7) is 2.83. The SMILES string of the molecule is C#Cc1cccc(NC(=O)CNC(=NC)NCC(c2ccccc2OC)N2CCCC2)c1.I. The second-order valence-corrected chi connectivity index (χ2v) is 7.58. The van der Waals surface area contributed by atoms with E-state index in [-0.39, 0.29) is 42.5 Å². The Morgan fingerprint density at radius 3 is 2.64 bits per heavy atom. The summed E-state index contributed by atoms with van der Waals surface area (Å²) in [7, 11) is 3.39. The Labute approximate surface area is 213 Å². The van der Waals surface area contributed by atoms with E-state index in [9.17, 15) is 4.79 Å². The third-order valence-corrected chi connectivity index (χ3v) is 5.50. The standard InChI is InChI=1S/C25H31N5O2.HI/c1-4-19-10-9-11-20(16-19)29-24(31)18-28-25(26-2)27-17-22(30-14-7-8-15-30)21-12-5-6-13-23(21)32-3;/h1,5-6,9-13,16,22H,7-8,14-15,17-18H2,2-3H3,(H,29,31)(H2,26,27,28);1H. The van der Waals surface area contributed by atoms with Crippen LogP contribution < -0.4 is 20.7 Å². The van der Waals surface area contributed by atoms with Crippen LogP contribution in [0.15, 0.2) is 53.5 Å². The molecule has 3 N–H and O–H groups in total. The molecule has 1 aliphatic heterocycles. The zero-order chi connectivity index (χ0) is 22.8. The lowest BCUT2D eigenvalue weighted by Crippen LogP contribution is -2.45. The van der Waals surface area contributed by atoms with Crippen molar-refractivity contribution >= 4 is 41.5 Å². The molecule has 2 aromatic carbocycles. The Hall–Kier alpha value is -2.77. The number of benzene rings is 2. The van der Waals surface area contributed by atoms with Crippen LogP contribution in [0.5, 0.6) is 5.75 Å². The highest BCUT2D eigenvalue weighted by Gasteiger charge is 2.26. The van der Waals surface area contributed by atoms with Crippen LogP contribution in [0.1, 0.15) is 30.0 Å². The van der Waals surface area contributed by atoms with Crippen LogP contribution in [0.4, 0.5) is 5.69 Å². The number of nitrogens with zero attached hydrogens (tertiary/aromatic N) is 2. The second-order valence-electron chi connectivity index (χ2n) is 7.58. The molecule has 0 spiro atoms. The number of nitrogens with one attached hydrogen (secondary N) is 3. The van der Waals surface area contributed by atoms with Crippen LogP contribution in [-0.4, -0.2) is 57.1 Å². The Balaban J connectivity index is 0.00000385. The Morgan fingerprint density at radius 1 is 1.18 bits per heavy atom. The number of guanidine groups is 1. The predicted octanol–water partition coefficient (Wildman–Crippen LogP) is 3.24. The molecule has 0 aliphatic carbocycles. The van der Waals surface area contributed by atoms with Gasteiger partial charge in [-0.05, 0) is 50.2 Å². The van der Waals surface area contributed by atoms with Crippen molar-refractivity contribution in [2.24, 2.45) is 4.99 Å². The van der Waals surface area contributed by atoms with E-state index in [0.29, 0.717) is 18.2 Å². The van der Waals surface area contributed by atoms with Crippen molar-refractivity contribution in [2.75, 3.05) is 45.7 Å². The highest BCUT2D eigenvalue weighted by molar-refractivity contribution is 14.0. The smallest absolute Gasteiger partial charge is 0.243 e. The molecule has 8 heteroatoms. The van der Waals surface area contributed by atoms with Crippen LogP contribution in [0, 0.1) is 12.3 Å². The molecule has 0 saturated carbocycles. The van der Waals surface area contributed by atoms with E-state index in [1.54, 1.807) is 26.3 Å². The quantitative estimate of drug-likeness (QED) is 0.200. The van der Waals surface area contributed by atoms with E-state index in [0.717, 1.165) is 30.0 Å². The number of terminal acetylenes is 1. The van der Waals surface area contributed by atoms with E-state index in [2.05, 4.69) is 37.8 Å². The van der Waals surface area contributed by atoms with Crippen molar-refractivity contribution in [3.8, 4) is 18.1 Å². The Bertz CT molecular complexity index is 983. The summed E-state index contributed by atoms with van der Waals surface area (Å²) in [5.41, 5.74) is 2.53. The first-order valence-corrected chi connectivity index (χ1v) is 10.8. The van der Waals surface area contributed by atoms with Crippen molar-refractivity contribution in [1.29, 1.82) is 0 Å². The molecule has 33 heavy (non-hydrogen) atoms. The number of carbonyl (C=O) groups excluding carboxylic acids is 1. The van der Waals surface area contributed by atoms with Crippen LogP contribution in [0.25, 0.3) is 0 Å². The van der Waals surface area contributed by atoms with E-state index in [1.807, 2.05) is 30.3 Å². The largest absolute Gasteiger partial charge is 0.496 e. The van der Waals surface area contributed by atoms with E-state index in [4.69, 9.17) is 11.2 Å². The average Bonchev–Trinajstić information content (AvgIpc) is 3.36. The monoisotopic (exact) mass is 561 g/mol. The van der Waals surface area contributed by atoms with Gasteiger partial charge in [0.15, 0.2) is 5.96 Å². The van der Waals surface area contributed by atoms with Crippen molar-refractivity contribution in [3.63, 3.8) is 0 Å². The summed E-state index contributed by atoms with van der Waals surface area (Å²) >= 11 is 0. The van der Waals surface area contributed by atoms with Crippen LogP contribution in [-0.2, 0) is 4.79 Å². The fourth-order valence-electron chi connectivity index (χ4n) is 3.90. The van der Waals surface area contributed by atoms with Crippen molar-refractivity contribution in [2.45, 2.75) is 18.9 Å². The van der Waals surface area contributed by atoms with Crippen molar-refractivity contribution in [1.82, 2.24) is 15.5 Å². The average molecular weight is 561 g/mol. The normalized spacial score (nSPS) is 14.5. The highest BCUT2D eigenvalue weighted by atomic mass is 127. The molecule has 2 aromatic rings. The molecule has 176 valence electrons. The van der Waals surface area contributed by atoms with Crippen LogP contribution in [0.2, 0.25) is 0 Å². The van der Waals surface area contributed by atoms with Crippen molar-refractivity contribution in [3.05, 3.63) is 59.7 Å². The number of hydrogen-bond donors (Lipinski definition) is 3. The maximum absolute atomic E-state index is 12.4. The molecular formula is C25H32IN5O2. The molecule has 3 rings (SSSR count). The molecule has 1 atom stereocenters. The summed E-state index contributed by atoms with van der Waals surface area (Å²) in [6, 6.07) is 15.5. The molecule has 0 radical (unpaired) electrons. The molecule has 1 unspecified atom stereocenters. The summed E-state index contributed by atoms with van der Waals surface area (Å²) in [5.74, 6) is 3.83. The summed E-state index contributed by atoms with van der Waals surface area (Å²) in [5, 5.41) is 9.29. The lowest BCUT2D eigenvalue weighted by molar-refractivity contribution is -0.115. The Morgan fingerprint density at radius 2 is 1.94 bits per heavy atom. The second kappa shape index (κ2) is 13.7. The fourth-order valence-corrected chi connectivity index (χ4v) is 3.90. The minimum Gasteiger partial charge on any atom is -0.496 e. The topological polar surface area (TPSA) is 78.0 Å². The molecule has 1 aliphatic rings. The number of halogens is 1. The zero-order valence-corrected chi connectivity index (χ0v) is 21.5. The first-order chi connectivity index (χ1) is 15.6. The maximum Gasteiger partial charge on any atom is 0.243 e. The molecular weight excluding hydrogens is 529 g/mol. The highest BCUT2D eigenvalue weighted by Crippen LogP contribution is 2.31. The van der Waals surface area contributed by atoms with Gasteiger partial charge in [0, 0.05) is 30.4 Å². The fraction of sp³-hybridized carbons (Fsp3) is 0.360. The number of rotatable bonds is 8. The molecule has 1 heterocycles. The minimum atomic E-state index is -0.178. The number of methoxy groups -OCH3 is 1. The van der Waals surface area contributed by atoms with Crippen molar-refractivity contribution < 1.29 is 9.53 Å². The number of hydrogen-bond acceptors (Lipinski definition) is 4. The van der Waals surface area contributed by atoms with Gasteiger partial charge in [0.25, 0.3) is 0 Å². The van der Waals surface area contributed by atoms with Gasteiger partial charge in [0.1, 0.15) is 5.75 Å². The summed E-state index contributed by atoms with van der Waals surface area (Å²) in [4.78, 5) is 19.1. The van der Waals surface area contributed by atoms with Gasteiger partial charge in [-0.15, -0.1) is 30.4 Å². The third-order valence-electron chi connectivity index (χ3n) is 5.50. The lowest BCUT2D eigenvalue weighted by atomic mass is 10.0. The molecule has 0 aromatic heterocycles. The van der Waals surface area contributed by atoms with Gasteiger partial charge in [-0.1, -0.05) is 30.2 Å². The number of likely N-dealkylation sites (tertiary alicyclic amines) is 1. The van der Waals surface area contributed by atoms with E-state index < -0.39 is 0 Å². The number of amides is 1. The van der Waals surface area contributed by atoms with E-state index in [1.165, 1.54) is 12.8 Å². The molecule has 0 bridgehead atoms. The van der Waals surface area contributed by atoms with Gasteiger partial charge in [-0.2, -0.15) is 0 Å². The van der Waals surface area contributed by atoms with E-state index >= 15 is 0 Å². The molecule has 1 amide bonds. The van der Waals surface area contributed by atoms with Gasteiger partial charge in [0.2, 0.25) is 5.91 Å². The third kappa shape index (κ3) is 7.65. The molecule has 1 fully saturated rings. The molecule has 7 nitrogen and oxygen atoms in total. The lowest BCUT2D eigenvalue weighted by Gasteiger charge is -2.30. The number of aliphatic imine (C=N–C) groups is 1. The minimum absolute atomic E-state index is 0. The Kier molecular flexibility index (Phi) is 11.0. The zero-order valence-electron chi connectivity index (χ0n) is 19.1. The van der Waals surface area contributed by atoms with Gasteiger partial charge in [0.05, 0.1) is 19.7 Å². The summed E-state index contributed by atoms with van der Waals surface area (Å²) in [6.07, 6.45) is 7.81. The predicted molar refractivity (Wildman–Crippen MR) is 144 cm³/mol. The van der Waals surface area contributed by atoms with Gasteiger partial charge < -0.3 is 20.7 Å². The number of ether oxygens (including phenoxy) is 1. The van der Waals surface area contributed by atoms with Crippen LogP contribution >= 0.6 is 24.0 Å². The first kappa shape index (κ1) is 26.5. The van der Waals surface area contributed by atoms with Crippen LogP contribution in [0.3, 0.4) is 0 Å². The summed E-state index contributed by atoms with van der Waals surface area (Å²) < 4.78 is 5.61. The maximum atomic E-state index is 12.4. The van der Waals surface area contributed by atoms with Gasteiger partial charge in [-0.3, -0.25) is 14.7 Å². The number of para-hydroxylation sites is 1.